The molecule has 0 radical (unpaired) electrons. The summed E-state index contributed by atoms with van der Waals surface area (Å²) in [6.45, 7) is 0. The third-order valence-corrected chi connectivity index (χ3v) is 9.63. The van der Waals surface area contributed by atoms with Gasteiger partial charge in [0.1, 0.15) is 16.8 Å². The van der Waals surface area contributed by atoms with Crippen LogP contribution in [0.25, 0.3) is 72.9 Å². The Kier molecular flexibility index (Phi) is 6.52. The molecule has 0 saturated heterocycles. The van der Waals surface area contributed by atoms with Crippen molar-refractivity contribution in [1.29, 1.82) is 0 Å². The van der Waals surface area contributed by atoms with E-state index in [1.807, 2.05) is 79.0 Å². The first-order chi connectivity index (χ1) is 24.8. The van der Waals surface area contributed by atoms with Crippen molar-refractivity contribution in [2.24, 2.45) is 0 Å². The quantitative estimate of drug-likeness (QED) is 0.188. The molecule has 1 unspecified atom stereocenters. The van der Waals surface area contributed by atoms with Crippen LogP contribution in [0.5, 0.6) is 0 Å². The Bertz CT molecular complexity index is 2770. The van der Waals surface area contributed by atoms with Gasteiger partial charge < -0.3 is 8.98 Å². The Hall–Kier alpha value is -6.66. The first-order valence-electron chi connectivity index (χ1n) is 16.8. The number of furan rings is 1. The molecule has 9 aromatic rings. The second kappa shape index (κ2) is 11.5. The van der Waals surface area contributed by atoms with Gasteiger partial charge in [-0.2, -0.15) is 0 Å². The summed E-state index contributed by atoms with van der Waals surface area (Å²) in [4.78, 5) is 20.1. The lowest BCUT2D eigenvalue weighted by Crippen LogP contribution is -2.30. The third-order valence-electron chi connectivity index (χ3n) is 9.63. The lowest BCUT2D eigenvalue weighted by molar-refractivity contribution is 0.565. The molecule has 1 aliphatic rings. The fourth-order valence-electron chi connectivity index (χ4n) is 7.38. The third kappa shape index (κ3) is 4.57. The number of hydrogen-bond donors (Lipinski definition) is 0. The van der Waals surface area contributed by atoms with Crippen LogP contribution in [0, 0.1) is 0 Å². The molecule has 0 aliphatic heterocycles. The van der Waals surface area contributed by atoms with Crippen LogP contribution in [-0.4, -0.2) is 24.5 Å². The highest BCUT2D eigenvalue weighted by atomic mass is 16.3. The van der Waals surface area contributed by atoms with Gasteiger partial charge in [0.15, 0.2) is 11.6 Å². The Labute approximate surface area is 287 Å². The van der Waals surface area contributed by atoms with Crippen LogP contribution < -0.4 is 10.6 Å². The first kappa shape index (κ1) is 28.4. The van der Waals surface area contributed by atoms with E-state index in [0.717, 1.165) is 60.7 Å². The maximum absolute atomic E-state index is 6.85. The number of rotatable bonds is 5. The highest BCUT2D eigenvalue weighted by Crippen LogP contribution is 2.37. The predicted molar refractivity (Wildman–Crippen MR) is 199 cm³/mol. The molecule has 1 aliphatic carbocycles. The summed E-state index contributed by atoms with van der Waals surface area (Å²) in [6, 6.07) is 49.8. The van der Waals surface area contributed by atoms with Crippen molar-refractivity contribution < 1.29 is 4.42 Å². The van der Waals surface area contributed by atoms with Gasteiger partial charge in [-0.15, -0.1) is 0 Å². The van der Waals surface area contributed by atoms with E-state index in [1.165, 1.54) is 10.8 Å². The molecule has 6 nitrogen and oxygen atoms in total. The van der Waals surface area contributed by atoms with Crippen LogP contribution in [0.15, 0.2) is 156 Å². The van der Waals surface area contributed by atoms with Crippen LogP contribution in [-0.2, 0) is 0 Å². The number of pyridine rings is 1. The van der Waals surface area contributed by atoms with Crippen LogP contribution in [0.3, 0.4) is 0 Å². The van der Waals surface area contributed by atoms with E-state index in [2.05, 4.69) is 83.4 Å². The molecule has 0 spiro atoms. The van der Waals surface area contributed by atoms with Crippen LogP contribution in [0.4, 0.5) is 0 Å². The van der Waals surface area contributed by atoms with E-state index in [0.29, 0.717) is 23.9 Å². The molecule has 0 fully saturated rings. The monoisotopic (exact) mass is 643 g/mol. The molecule has 236 valence electrons. The molecule has 0 amide bonds. The van der Waals surface area contributed by atoms with E-state index < -0.39 is 0 Å². The van der Waals surface area contributed by atoms with Gasteiger partial charge in [0.2, 0.25) is 0 Å². The fraction of sp³-hybridized carbons (Fsp3) is 0.0455. The molecular weight excluding hydrogens is 615 g/mol. The smallest absolute Gasteiger partial charge is 0.163 e. The molecule has 5 aromatic carbocycles. The zero-order valence-corrected chi connectivity index (χ0v) is 26.9. The van der Waals surface area contributed by atoms with Gasteiger partial charge in [-0.1, -0.05) is 109 Å². The van der Waals surface area contributed by atoms with Gasteiger partial charge in [0.05, 0.1) is 22.1 Å². The highest BCUT2D eigenvalue weighted by Gasteiger charge is 2.27. The number of benzene rings is 5. The summed E-state index contributed by atoms with van der Waals surface area (Å²) in [5.74, 6) is 1.84. The molecule has 0 bridgehead atoms. The van der Waals surface area contributed by atoms with Crippen LogP contribution in [0.1, 0.15) is 23.9 Å². The van der Waals surface area contributed by atoms with Crippen molar-refractivity contribution in [3.8, 4) is 28.5 Å². The molecule has 4 heterocycles. The number of nitrogens with zero attached hydrogens (tertiary/aromatic N) is 5. The molecule has 10 rings (SSSR count). The highest BCUT2D eigenvalue weighted by molar-refractivity contribution is 6.18. The van der Waals surface area contributed by atoms with Crippen molar-refractivity contribution in [1.82, 2.24) is 24.5 Å². The summed E-state index contributed by atoms with van der Waals surface area (Å²) in [5.41, 5.74) is 8.83. The van der Waals surface area contributed by atoms with Crippen molar-refractivity contribution in [2.45, 2.75) is 12.3 Å². The fourth-order valence-corrected chi connectivity index (χ4v) is 7.38. The maximum Gasteiger partial charge on any atom is 0.163 e. The van der Waals surface area contributed by atoms with Crippen molar-refractivity contribution in [2.75, 3.05) is 0 Å². The summed E-state index contributed by atoms with van der Waals surface area (Å²) in [7, 11) is 0. The Morgan fingerprint density at radius 1 is 0.600 bits per heavy atom. The Morgan fingerprint density at radius 2 is 1.26 bits per heavy atom. The molecule has 0 saturated carbocycles. The van der Waals surface area contributed by atoms with Crippen LogP contribution >= 0.6 is 0 Å². The van der Waals surface area contributed by atoms with E-state index in [9.17, 15) is 0 Å². The minimum Gasteiger partial charge on any atom is -0.456 e. The minimum atomic E-state index is -0.168. The van der Waals surface area contributed by atoms with E-state index >= 15 is 0 Å². The molecule has 6 heteroatoms. The second-order valence-electron chi connectivity index (χ2n) is 12.6. The lowest BCUT2D eigenvalue weighted by atomic mass is 9.90. The first-order valence-corrected chi connectivity index (χ1v) is 16.8. The van der Waals surface area contributed by atoms with Crippen molar-refractivity contribution >= 4 is 44.4 Å². The molecule has 4 aromatic heterocycles. The average Bonchev–Trinajstić information content (AvgIpc) is 3.74. The second-order valence-corrected chi connectivity index (χ2v) is 12.6. The average molecular weight is 644 g/mol. The van der Waals surface area contributed by atoms with Gasteiger partial charge in [-0.3, -0.25) is 4.98 Å². The Balaban J connectivity index is 1.30. The van der Waals surface area contributed by atoms with Crippen molar-refractivity contribution in [3.05, 3.63) is 174 Å². The number of fused-ring (bicyclic) bond motifs is 7. The van der Waals surface area contributed by atoms with Crippen molar-refractivity contribution in [3.63, 3.8) is 0 Å². The summed E-state index contributed by atoms with van der Waals surface area (Å²) < 4.78 is 9.21. The van der Waals surface area contributed by atoms with Gasteiger partial charge in [0.25, 0.3) is 0 Å². The molecule has 1 atom stereocenters. The number of para-hydroxylation sites is 2. The summed E-state index contributed by atoms with van der Waals surface area (Å²) >= 11 is 0. The summed E-state index contributed by atoms with van der Waals surface area (Å²) in [6.07, 6.45) is 4.77. The van der Waals surface area contributed by atoms with E-state index in [1.54, 1.807) is 0 Å². The SMILES string of the molecule is C1=c2c(oc3ccc4c5ccccc5n(-c5ccccc5)c4c23)=C(c2ccccn2)CC1c1nc(-c2ccccc2)nc(-c2ccccc2)n1. The van der Waals surface area contributed by atoms with Gasteiger partial charge in [-0.05, 0) is 48.9 Å². The zero-order chi connectivity index (χ0) is 33.0. The predicted octanol–water partition coefficient (Wildman–Crippen LogP) is 8.61. The van der Waals surface area contributed by atoms with Gasteiger partial charge in [0, 0.05) is 50.5 Å². The maximum atomic E-state index is 6.85. The van der Waals surface area contributed by atoms with Crippen LogP contribution in [0.2, 0.25) is 0 Å². The Morgan fingerprint density at radius 3 is 1.96 bits per heavy atom. The van der Waals surface area contributed by atoms with E-state index in [-0.39, 0.29) is 5.92 Å². The lowest BCUT2D eigenvalue weighted by Gasteiger charge is -2.18. The normalized spacial score (nSPS) is 14.2. The van der Waals surface area contributed by atoms with E-state index in [4.69, 9.17) is 24.4 Å². The molecule has 50 heavy (non-hydrogen) atoms. The van der Waals surface area contributed by atoms with Gasteiger partial charge in [-0.25, -0.2) is 15.0 Å². The standard InChI is InChI=1S/C44H29N5O/c1-4-14-28(15-5-1)42-46-43(29-16-6-2-7-17-29)48-44(47-42)30-26-34(36-21-12-13-25-45-36)41-35(27-30)39-38(50-41)24-23-33-32-20-10-11-22-37(32)49(40(33)39)31-18-8-3-9-19-31/h1-25,27,30H,26H2. The largest absolute Gasteiger partial charge is 0.456 e. The molecule has 0 N–H and O–H groups in total. The minimum absolute atomic E-state index is 0.168. The topological polar surface area (TPSA) is 69.6 Å². The molecular formula is C44H29N5O. The zero-order valence-electron chi connectivity index (χ0n) is 26.9. The number of hydrogen-bond acceptors (Lipinski definition) is 5. The van der Waals surface area contributed by atoms with Gasteiger partial charge >= 0.3 is 0 Å². The summed E-state index contributed by atoms with van der Waals surface area (Å²) in [5, 5.41) is 4.47. The number of aromatic nitrogens is 5.